The molecule has 0 spiro atoms. The number of guanidine groups is 1. The van der Waals surface area contributed by atoms with Crippen molar-refractivity contribution in [1.29, 1.82) is 0 Å². The van der Waals surface area contributed by atoms with Gasteiger partial charge in [-0.25, -0.2) is 4.79 Å². The third-order valence-electron chi connectivity index (χ3n) is 4.97. The molecule has 0 fully saturated rings. The normalized spacial score (nSPS) is 13.8. The predicted octanol–water partition coefficient (Wildman–Crippen LogP) is -2.36. The molecular formula is C22H33N7O7. The number of aliphatic carboxylic acids is 2. The Morgan fingerprint density at radius 1 is 0.917 bits per heavy atom. The number of carboxylic acids is 2. The van der Waals surface area contributed by atoms with Crippen LogP contribution < -0.4 is 33.2 Å². The van der Waals surface area contributed by atoms with Crippen LogP contribution in [0.25, 0.3) is 0 Å². The summed E-state index contributed by atoms with van der Waals surface area (Å²) >= 11 is 0. The lowest BCUT2D eigenvalue weighted by atomic mass is 10.1. The van der Waals surface area contributed by atoms with Crippen molar-refractivity contribution in [3.8, 4) is 0 Å². The van der Waals surface area contributed by atoms with E-state index in [0.717, 1.165) is 0 Å². The molecule has 1 rings (SSSR count). The number of nitrogens with zero attached hydrogens (tertiary/aromatic N) is 1. The lowest BCUT2D eigenvalue weighted by Crippen LogP contribution is -2.56. The zero-order valence-corrected chi connectivity index (χ0v) is 19.8. The average molecular weight is 508 g/mol. The Labute approximate surface area is 207 Å². The number of carboxylic acid groups (broad SMARTS) is 2. The van der Waals surface area contributed by atoms with E-state index in [1.165, 1.54) is 6.92 Å². The molecule has 198 valence electrons. The second-order valence-electron chi connectivity index (χ2n) is 8.03. The molecule has 3 amide bonds. The number of aliphatic imine (C=N–C) groups is 1. The van der Waals surface area contributed by atoms with Crippen LogP contribution in [0.5, 0.6) is 0 Å². The molecule has 0 saturated carbocycles. The van der Waals surface area contributed by atoms with Crippen molar-refractivity contribution in [2.24, 2.45) is 22.2 Å². The van der Waals surface area contributed by atoms with Crippen LogP contribution in [0.2, 0.25) is 0 Å². The Hall–Kier alpha value is -4.20. The topological polar surface area (TPSA) is 252 Å². The zero-order chi connectivity index (χ0) is 27.3. The van der Waals surface area contributed by atoms with E-state index in [0.29, 0.717) is 12.0 Å². The van der Waals surface area contributed by atoms with Crippen molar-refractivity contribution in [1.82, 2.24) is 16.0 Å². The van der Waals surface area contributed by atoms with E-state index in [4.69, 9.17) is 22.3 Å². The highest BCUT2D eigenvalue weighted by molar-refractivity contribution is 5.95. The van der Waals surface area contributed by atoms with Crippen LogP contribution in [0, 0.1) is 0 Å². The molecule has 14 heteroatoms. The van der Waals surface area contributed by atoms with Gasteiger partial charge in [-0.15, -0.1) is 0 Å². The molecule has 0 aromatic heterocycles. The van der Waals surface area contributed by atoms with Crippen LogP contribution in [-0.2, 0) is 30.4 Å². The summed E-state index contributed by atoms with van der Waals surface area (Å²) < 4.78 is 0. The molecule has 0 radical (unpaired) electrons. The minimum atomic E-state index is -1.52. The number of nitrogens with two attached hydrogens (primary N) is 3. The van der Waals surface area contributed by atoms with E-state index in [2.05, 4.69) is 20.9 Å². The lowest BCUT2D eigenvalue weighted by Gasteiger charge is -2.23. The molecular weight excluding hydrogens is 474 g/mol. The number of hydrogen-bond donors (Lipinski definition) is 8. The van der Waals surface area contributed by atoms with Gasteiger partial charge in [0.15, 0.2) is 5.96 Å². The van der Waals surface area contributed by atoms with Gasteiger partial charge in [0.25, 0.3) is 0 Å². The highest BCUT2D eigenvalue weighted by Crippen LogP contribution is 2.05. The minimum absolute atomic E-state index is 0.0152. The van der Waals surface area contributed by atoms with E-state index in [1.807, 2.05) is 0 Å². The molecule has 0 aliphatic heterocycles. The first kappa shape index (κ1) is 29.8. The maximum absolute atomic E-state index is 12.6. The number of carbonyl (C=O) groups is 5. The molecule has 14 nitrogen and oxygen atoms in total. The summed E-state index contributed by atoms with van der Waals surface area (Å²) in [4.78, 5) is 64.0. The maximum Gasteiger partial charge on any atom is 0.326 e. The van der Waals surface area contributed by atoms with E-state index in [-0.39, 0.29) is 25.3 Å². The van der Waals surface area contributed by atoms with Crippen molar-refractivity contribution < 1.29 is 34.2 Å². The smallest absolute Gasteiger partial charge is 0.326 e. The molecule has 11 N–H and O–H groups in total. The average Bonchev–Trinajstić information content (AvgIpc) is 2.80. The molecule has 0 heterocycles. The first-order chi connectivity index (χ1) is 16.9. The number of carbonyl (C=O) groups excluding carboxylic acids is 3. The number of benzene rings is 1. The van der Waals surface area contributed by atoms with Crippen molar-refractivity contribution in [3.63, 3.8) is 0 Å². The van der Waals surface area contributed by atoms with Gasteiger partial charge in [-0.2, -0.15) is 0 Å². The summed E-state index contributed by atoms with van der Waals surface area (Å²) in [5.41, 5.74) is 16.9. The Morgan fingerprint density at radius 2 is 1.53 bits per heavy atom. The second-order valence-corrected chi connectivity index (χ2v) is 8.03. The maximum atomic E-state index is 12.6. The summed E-state index contributed by atoms with van der Waals surface area (Å²) in [6.45, 7) is 1.53. The summed E-state index contributed by atoms with van der Waals surface area (Å²) in [6, 6.07) is 3.57. The molecule has 1 aromatic rings. The Morgan fingerprint density at radius 3 is 2.08 bits per heavy atom. The quantitative estimate of drug-likeness (QED) is 0.0712. The van der Waals surface area contributed by atoms with Gasteiger partial charge in [-0.05, 0) is 25.3 Å². The largest absolute Gasteiger partial charge is 0.481 e. The fraction of sp³-hybridized carbons (Fsp3) is 0.455. The van der Waals surface area contributed by atoms with Gasteiger partial charge in [0, 0.05) is 13.0 Å². The standard InChI is InChI=1S/C22H33N7O7/c1-12(18(32)29-16(21(35)36)10-13-6-3-2-4-7-13)27-20(34)15(11-17(30)31)28-19(33)14(23)8-5-9-26-22(24)25/h2-4,6-7,12,14-16H,5,8-11,23H2,1H3,(H,27,34)(H,28,33)(H,29,32)(H,30,31)(H,35,36)(H4,24,25,26). The molecule has 0 aliphatic carbocycles. The fourth-order valence-electron chi connectivity index (χ4n) is 3.04. The SMILES string of the molecule is CC(NC(=O)C(CC(=O)O)NC(=O)C(N)CCCN=C(N)N)C(=O)NC(Cc1ccccc1)C(=O)O. The van der Waals surface area contributed by atoms with E-state index in [1.54, 1.807) is 30.3 Å². The monoisotopic (exact) mass is 507 g/mol. The van der Waals surface area contributed by atoms with E-state index >= 15 is 0 Å². The number of amides is 3. The highest BCUT2D eigenvalue weighted by Gasteiger charge is 2.29. The van der Waals surface area contributed by atoms with Crippen LogP contribution in [-0.4, -0.2) is 76.5 Å². The first-order valence-corrected chi connectivity index (χ1v) is 11.1. The van der Waals surface area contributed by atoms with Crippen molar-refractivity contribution in [3.05, 3.63) is 35.9 Å². The van der Waals surface area contributed by atoms with E-state index < -0.39 is 60.2 Å². The van der Waals surface area contributed by atoms with Crippen LogP contribution in [0.3, 0.4) is 0 Å². The number of hydrogen-bond acceptors (Lipinski definition) is 7. The summed E-state index contributed by atoms with van der Waals surface area (Å²) in [7, 11) is 0. The van der Waals surface area contributed by atoms with Crippen molar-refractivity contribution in [2.75, 3.05) is 6.54 Å². The third kappa shape index (κ3) is 11.3. The summed E-state index contributed by atoms with van der Waals surface area (Å²) in [5.74, 6) is -5.27. The Balaban J connectivity index is 2.73. The van der Waals surface area contributed by atoms with Gasteiger partial charge < -0.3 is 43.4 Å². The highest BCUT2D eigenvalue weighted by atomic mass is 16.4. The van der Waals surface area contributed by atoms with E-state index in [9.17, 15) is 29.1 Å². The van der Waals surface area contributed by atoms with Crippen LogP contribution >= 0.6 is 0 Å². The first-order valence-electron chi connectivity index (χ1n) is 11.1. The molecule has 4 unspecified atom stereocenters. The minimum Gasteiger partial charge on any atom is -0.481 e. The number of rotatable bonds is 15. The molecule has 1 aromatic carbocycles. The van der Waals surface area contributed by atoms with Crippen LogP contribution in [0.15, 0.2) is 35.3 Å². The van der Waals surface area contributed by atoms with Gasteiger partial charge in [-0.3, -0.25) is 24.2 Å². The molecule has 4 atom stereocenters. The molecule has 36 heavy (non-hydrogen) atoms. The van der Waals surface area contributed by atoms with Crippen molar-refractivity contribution >= 4 is 35.6 Å². The van der Waals surface area contributed by atoms with Crippen LogP contribution in [0.1, 0.15) is 31.7 Å². The molecule has 0 aliphatic rings. The Kier molecular flexibility index (Phi) is 12.4. The fourth-order valence-corrected chi connectivity index (χ4v) is 3.04. The lowest BCUT2D eigenvalue weighted by molar-refractivity contribution is -0.143. The van der Waals surface area contributed by atoms with Gasteiger partial charge in [0.1, 0.15) is 18.1 Å². The van der Waals surface area contributed by atoms with Gasteiger partial charge >= 0.3 is 11.9 Å². The summed E-state index contributed by atoms with van der Waals surface area (Å²) in [6.07, 6.45) is -0.215. The molecule has 0 saturated heterocycles. The van der Waals surface area contributed by atoms with Gasteiger partial charge in [0.2, 0.25) is 17.7 Å². The van der Waals surface area contributed by atoms with Crippen LogP contribution in [0.4, 0.5) is 0 Å². The Bertz CT molecular complexity index is 951. The van der Waals surface area contributed by atoms with Crippen molar-refractivity contribution in [2.45, 2.75) is 56.8 Å². The zero-order valence-electron chi connectivity index (χ0n) is 19.8. The van der Waals surface area contributed by atoms with Gasteiger partial charge in [0.05, 0.1) is 12.5 Å². The molecule has 0 bridgehead atoms. The van der Waals surface area contributed by atoms with Gasteiger partial charge in [-0.1, -0.05) is 30.3 Å². The predicted molar refractivity (Wildman–Crippen MR) is 129 cm³/mol. The number of nitrogens with one attached hydrogen (secondary N) is 3. The summed E-state index contributed by atoms with van der Waals surface area (Å²) in [5, 5.41) is 25.5. The third-order valence-corrected chi connectivity index (χ3v) is 4.97. The second kappa shape index (κ2) is 14.9.